The van der Waals surface area contributed by atoms with E-state index < -0.39 is 17.5 Å². The Morgan fingerprint density at radius 3 is 2.63 bits per heavy atom. The van der Waals surface area contributed by atoms with Crippen molar-refractivity contribution in [3.05, 3.63) is 52.3 Å². The van der Waals surface area contributed by atoms with E-state index in [9.17, 15) is 18.7 Å². The van der Waals surface area contributed by atoms with Gasteiger partial charge in [0.05, 0.1) is 17.4 Å². The molecule has 1 aromatic heterocycles. The number of aromatic hydroxyl groups is 1. The molecule has 0 aliphatic carbocycles. The quantitative estimate of drug-likeness (QED) is 0.890. The molecule has 0 atom stereocenters. The van der Waals surface area contributed by atoms with Gasteiger partial charge >= 0.3 is 0 Å². The van der Waals surface area contributed by atoms with E-state index >= 15 is 0 Å². The van der Waals surface area contributed by atoms with Crippen molar-refractivity contribution in [2.24, 2.45) is 0 Å². The molecule has 2 aromatic rings. The Bertz CT molecular complexity index is 626. The number of nitrogens with one attached hydrogen (secondary N) is 1. The third-order valence-corrected chi connectivity index (χ3v) is 2.86. The van der Waals surface area contributed by atoms with Gasteiger partial charge in [-0.2, -0.15) is 0 Å². The smallest absolute Gasteiger partial charge is 0.257 e. The van der Waals surface area contributed by atoms with Crippen LogP contribution in [0.5, 0.6) is 5.75 Å². The minimum absolute atomic E-state index is 0.0515. The highest BCUT2D eigenvalue weighted by Gasteiger charge is 2.14. The molecule has 1 aromatic carbocycles. The fourth-order valence-electron chi connectivity index (χ4n) is 1.40. The normalized spacial score (nSPS) is 10.3. The van der Waals surface area contributed by atoms with Crippen molar-refractivity contribution >= 4 is 27.5 Å². The molecule has 98 valence electrons. The number of aromatic nitrogens is 1. The number of hydrogen-bond acceptors (Lipinski definition) is 3. The van der Waals surface area contributed by atoms with Crippen LogP contribution in [-0.2, 0) is 0 Å². The maximum atomic E-state index is 13.5. The van der Waals surface area contributed by atoms with Crippen LogP contribution in [0.1, 0.15) is 10.4 Å². The highest BCUT2D eigenvalue weighted by atomic mass is 79.9. The van der Waals surface area contributed by atoms with E-state index in [0.717, 1.165) is 12.3 Å². The van der Waals surface area contributed by atoms with Gasteiger partial charge in [0.1, 0.15) is 11.6 Å². The summed E-state index contributed by atoms with van der Waals surface area (Å²) in [5, 5.41) is 11.5. The minimum atomic E-state index is -0.909. The van der Waals surface area contributed by atoms with E-state index in [1.54, 1.807) is 0 Å². The van der Waals surface area contributed by atoms with E-state index in [1.807, 2.05) is 0 Å². The summed E-state index contributed by atoms with van der Waals surface area (Å²) < 4.78 is 26.5. The largest absolute Gasteiger partial charge is 0.506 e. The van der Waals surface area contributed by atoms with Crippen LogP contribution in [-0.4, -0.2) is 16.0 Å². The molecule has 0 saturated heterocycles. The molecule has 1 amide bonds. The molecule has 7 heteroatoms. The highest BCUT2D eigenvalue weighted by molar-refractivity contribution is 9.10. The summed E-state index contributed by atoms with van der Waals surface area (Å²) in [5.74, 6) is -2.53. The van der Waals surface area contributed by atoms with E-state index in [-0.39, 0.29) is 21.5 Å². The Balaban J connectivity index is 2.29. The van der Waals surface area contributed by atoms with Gasteiger partial charge in [-0.25, -0.2) is 8.78 Å². The average Bonchev–Trinajstić information content (AvgIpc) is 2.33. The zero-order chi connectivity index (χ0) is 14.0. The number of rotatable bonds is 2. The predicted molar refractivity (Wildman–Crippen MR) is 67.9 cm³/mol. The molecule has 4 nitrogen and oxygen atoms in total. The maximum absolute atomic E-state index is 13.5. The standard InChI is InChI=1S/C12H7BrF2N2O2/c13-9-2-7(14)3-10(15)11(9)17-12(19)6-1-8(18)5-16-4-6/h1-5,18H,(H,17,19). The van der Waals surface area contributed by atoms with Gasteiger partial charge in [-0.05, 0) is 28.1 Å². The van der Waals surface area contributed by atoms with Gasteiger partial charge in [0.2, 0.25) is 0 Å². The SMILES string of the molecule is O=C(Nc1c(F)cc(F)cc1Br)c1cncc(O)c1. The summed E-state index contributed by atoms with van der Waals surface area (Å²) >= 11 is 2.95. The van der Waals surface area contributed by atoms with Crippen LogP contribution in [0.3, 0.4) is 0 Å². The van der Waals surface area contributed by atoms with Gasteiger partial charge in [-0.3, -0.25) is 9.78 Å². The lowest BCUT2D eigenvalue weighted by atomic mass is 10.2. The average molecular weight is 329 g/mol. The van der Waals surface area contributed by atoms with E-state index in [2.05, 4.69) is 26.2 Å². The third kappa shape index (κ3) is 3.05. The first-order chi connectivity index (χ1) is 8.97. The molecule has 2 rings (SSSR count). The van der Waals surface area contributed by atoms with Crippen LogP contribution in [0.25, 0.3) is 0 Å². The zero-order valence-corrected chi connectivity index (χ0v) is 10.9. The van der Waals surface area contributed by atoms with Crippen molar-refractivity contribution in [2.45, 2.75) is 0 Å². The summed E-state index contributed by atoms with van der Waals surface area (Å²) in [4.78, 5) is 15.4. The number of benzene rings is 1. The maximum Gasteiger partial charge on any atom is 0.257 e. The minimum Gasteiger partial charge on any atom is -0.506 e. The molecule has 0 bridgehead atoms. The molecular formula is C12H7BrF2N2O2. The van der Waals surface area contributed by atoms with Crippen LogP contribution in [0.2, 0.25) is 0 Å². The molecule has 19 heavy (non-hydrogen) atoms. The Labute approximate surface area is 115 Å². The topological polar surface area (TPSA) is 62.2 Å². The van der Waals surface area contributed by atoms with Gasteiger partial charge in [0, 0.05) is 16.7 Å². The molecule has 1 heterocycles. The molecule has 0 aliphatic heterocycles. The molecular weight excluding hydrogens is 322 g/mol. The number of carbonyl (C=O) groups is 1. The number of carbonyl (C=O) groups excluding carboxylic acids is 1. The predicted octanol–water partition coefficient (Wildman–Crippen LogP) is 3.08. The van der Waals surface area contributed by atoms with Crippen molar-refractivity contribution in [3.63, 3.8) is 0 Å². The van der Waals surface area contributed by atoms with Gasteiger partial charge < -0.3 is 10.4 Å². The number of amides is 1. The molecule has 0 saturated carbocycles. The Hall–Kier alpha value is -2.02. The molecule has 0 aliphatic rings. The van der Waals surface area contributed by atoms with Crippen molar-refractivity contribution in [2.75, 3.05) is 5.32 Å². The Morgan fingerprint density at radius 1 is 1.26 bits per heavy atom. The Morgan fingerprint density at radius 2 is 2.00 bits per heavy atom. The third-order valence-electron chi connectivity index (χ3n) is 2.23. The van der Waals surface area contributed by atoms with Crippen LogP contribution < -0.4 is 5.32 Å². The lowest BCUT2D eigenvalue weighted by Gasteiger charge is -2.08. The van der Waals surface area contributed by atoms with Crippen LogP contribution in [0.4, 0.5) is 14.5 Å². The van der Waals surface area contributed by atoms with Gasteiger partial charge in [0.15, 0.2) is 5.82 Å². The van der Waals surface area contributed by atoms with Gasteiger partial charge in [0.25, 0.3) is 5.91 Å². The van der Waals surface area contributed by atoms with Gasteiger partial charge in [-0.1, -0.05) is 0 Å². The molecule has 0 unspecified atom stereocenters. The summed E-state index contributed by atoms with van der Waals surface area (Å²) in [5.41, 5.74) is -0.134. The van der Waals surface area contributed by atoms with E-state index in [4.69, 9.17) is 0 Å². The first kappa shape index (κ1) is 13.4. The second kappa shape index (κ2) is 5.31. The number of anilines is 1. The summed E-state index contributed by atoms with van der Waals surface area (Å²) in [6, 6.07) is 2.86. The highest BCUT2D eigenvalue weighted by Crippen LogP contribution is 2.27. The zero-order valence-electron chi connectivity index (χ0n) is 9.32. The Kier molecular flexibility index (Phi) is 3.75. The fourth-order valence-corrected chi connectivity index (χ4v) is 1.91. The second-order valence-electron chi connectivity index (χ2n) is 3.63. The van der Waals surface area contributed by atoms with Gasteiger partial charge in [-0.15, -0.1) is 0 Å². The second-order valence-corrected chi connectivity index (χ2v) is 4.48. The van der Waals surface area contributed by atoms with Crippen molar-refractivity contribution in [1.29, 1.82) is 0 Å². The van der Waals surface area contributed by atoms with Crippen LogP contribution >= 0.6 is 15.9 Å². The molecule has 0 radical (unpaired) electrons. The van der Waals surface area contributed by atoms with Crippen molar-refractivity contribution < 1.29 is 18.7 Å². The first-order valence-corrected chi connectivity index (χ1v) is 5.86. The van der Waals surface area contributed by atoms with Crippen LogP contribution in [0.15, 0.2) is 35.1 Å². The monoisotopic (exact) mass is 328 g/mol. The molecule has 2 N–H and O–H groups in total. The summed E-state index contributed by atoms with van der Waals surface area (Å²) in [7, 11) is 0. The lowest BCUT2D eigenvalue weighted by Crippen LogP contribution is -2.13. The number of pyridine rings is 1. The van der Waals surface area contributed by atoms with Crippen molar-refractivity contribution in [3.8, 4) is 5.75 Å². The van der Waals surface area contributed by atoms with E-state index in [0.29, 0.717) is 6.07 Å². The lowest BCUT2D eigenvalue weighted by molar-refractivity contribution is 0.102. The number of nitrogens with zero attached hydrogens (tertiary/aromatic N) is 1. The van der Waals surface area contributed by atoms with Crippen LogP contribution in [0, 0.1) is 11.6 Å². The number of hydrogen-bond donors (Lipinski definition) is 2. The summed E-state index contributed by atoms with van der Waals surface area (Å²) in [6.45, 7) is 0. The molecule has 0 fully saturated rings. The summed E-state index contributed by atoms with van der Waals surface area (Å²) in [6.07, 6.45) is 2.37. The fraction of sp³-hybridized carbons (Fsp3) is 0. The van der Waals surface area contributed by atoms with Crippen molar-refractivity contribution in [1.82, 2.24) is 4.98 Å². The van der Waals surface area contributed by atoms with E-state index in [1.165, 1.54) is 12.3 Å². The number of halogens is 3. The first-order valence-electron chi connectivity index (χ1n) is 5.07. The molecule has 0 spiro atoms.